The number of rotatable bonds is 5. The molecule has 0 aliphatic rings. The molecular formula is C21H22F6N5O3+. The van der Waals surface area contributed by atoms with Crippen molar-refractivity contribution in [1.29, 1.82) is 0 Å². The highest BCUT2D eigenvalue weighted by atomic mass is 19.4. The van der Waals surface area contributed by atoms with Gasteiger partial charge in [0.2, 0.25) is 12.0 Å². The summed E-state index contributed by atoms with van der Waals surface area (Å²) in [5.41, 5.74) is -1.02. The number of carbonyl (C=O) groups excluding carboxylic acids is 1. The van der Waals surface area contributed by atoms with Gasteiger partial charge in [0.15, 0.2) is 0 Å². The highest BCUT2D eigenvalue weighted by molar-refractivity contribution is 5.87. The molecule has 0 unspecified atom stereocenters. The summed E-state index contributed by atoms with van der Waals surface area (Å²) in [7, 11) is 2.61. The Bertz CT molecular complexity index is 1250. The molecule has 0 atom stereocenters. The number of fused-ring (bicyclic) bond motifs is 1. The van der Waals surface area contributed by atoms with Gasteiger partial charge in [-0.2, -0.15) is 31.4 Å². The maximum Gasteiger partial charge on any atom is 0.455 e. The molecule has 0 aromatic carbocycles. The quantitative estimate of drug-likeness (QED) is 0.384. The first-order chi connectivity index (χ1) is 16.0. The summed E-state index contributed by atoms with van der Waals surface area (Å²) in [6.07, 6.45) is -3.13. The molecule has 3 aromatic heterocycles. The fraction of sp³-hybridized carbons (Fsp3) is 0.429. The largest absolute Gasteiger partial charge is 0.455 e. The van der Waals surface area contributed by atoms with Crippen molar-refractivity contribution in [2.24, 2.45) is 0 Å². The Labute approximate surface area is 195 Å². The Morgan fingerprint density at radius 1 is 1.14 bits per heavy atom. The van der Waals surface area contributed by atoms with Gasteiger partial charge in [-0.15, -0.1) is 0 Å². The van der Waals surface area contributed by atoms with Crippen LogP contribution in [0.1, 0.15) is 20.8 Å². The van der Waals surface area contributed by atoms with E-state index in [1.807, 2.05) is 0 Å². The van der Waals surface area contributed by atoms with E-state index in [-0.39, 0.29) is 28.0 Å². The SMILES string of the molecule is CO[n+]1cc(N(C)C(=O)OC(C)(C)C)cc(F)c1-c1cc2cnn(CC(F)(F)C(F)(F)F)c2cn1. The molecular weight excluding hydrogens is 484 g/mol. The van der Waals surface area contributed by atoms with E-state index in [1.165, 1.54) is 26.4 Å². The summed E-state index contributed by atoms with van der Waals surface area (Å²) < 4.78 is 86.5. The molecule has 0 fully saturated rings. The summed E-state index contributed by atoms with van der Waals surface area (Å²) >= 11 is 0. The van der Waals surface area contributed by atoms with E-state index in [1.54, 1.807) is 20.8 Å². The molecule has 190 valence electrons. The average molecular weight is 506 g/mol. The van der Waals surface area contributed by atoms with Crippen LogP contribution in [0, 0.1) is 5.82 Å². The lowest BCUT2D eigenvalue weighted by molar-refractivity contribution is -0.877. The van der Waals surface area contributed by atoms with Crippen molar-refractivity contribution in [3.63, 3.8) is 0 Å². The lowest BCUT2D eigenvalue weighted by atomic mass is 10.2. The topological polar surface area (TPSA) is 73.4 Å². The number of anilines is 1. The first kappa shape index (κ1) is 26.0. The van der Waals surface area contributed by atoms with Crippen LogP contribution < -0.4 is 14.5 Å². The molecule has 0 radical (unpaired) electrons. The van der Waals surface area contributed by atoms with Crippen molar-refractivity contribution in [2.45, 2.75) is 45.0 Å². The Balaban J connectivity index is 1.98. The smallest absolute Gasteiger partial charge is 0.443 e. The van der Waals surface area contributed by atoms with Crippen LogP contribution in [0.3, 0.4) is 0 Å². The number of pyridine rings is 2. The van der Waals surface area contributed by atoms with E-state index in [0.29, 0.717) is 4.68 Å². The van der Waals surface area contributed by atoms with E-state index >= 15 is 4.39 Å². The highest BCUT2D eigenvalue weighted by Crippen LogP contribution is 2.37. The third-order valence-electron chi connectivity index (χ3n) is 4.76. The summed E-state index contributed by atoms with van der Waals surface area (Å²) in [6, 6.07) is 2.30. The summed E-state index contributed by atoms with van der Waals surface area (Å²) in [5, 5.41) is 3.73. The number of amides is 1. The summed E-state index contributed by atoms with van der Waals surface area (Å²) in [6.45, 7) is 3.28. The lowest BCUT2D eigenvalue weighted by Crippen LogP contribution is -2.45. The van der Waals surface area contributed by atoms with Gasteiger partial charge in [0.25, 0.3) is 0 Å². The molecule has 1 amide bonds. The Morgan fingerprint density at radius 3 is 2.37 bits per heavy atom. The van der Waals surface area contributed by atoms with Crippen LogP contribution in [0.2, 0.25) is 0 Å². The first-order valence-electron chi connectivity index (χ1n) is 10.1. The molecule has 3 heterocycles. The van der Waals surface area contributed by atoms with Crippen LogP contribution in [0.5, 0.6) is 0 Å². The van der Waals surface area contributed by atoms with Gasteiger partial charge in [-0.1, -0.05) is 0 Å². The molecule has 0 bridgehead atoms. The minimum atomic E-state index is -5.75. The number of ether oxygens (including phenoxy) is 1. The molecule has 0 N–H and O–H groups in total. The van der Waals surface area contributed by atoms with E-state index < -0.39 is 36.2 Å². The van der Waals surface area contributed by atoms with Gasteiger partial charge in [0, 0.05) is 23.2 Å². The maximum atomic E-state index is 15.1. The second kappa shape index (κ2) is 8.89. The Morgan fingerprint density at radius 2 is 1.80 bits per heavy atom. The molecule has 3 rings (SSSR count). The standard InChI is InChI=1S/C21H22F6N5O3/c1-19(2,3)35-18(33)30(4)13-7-14(22)17(32(10-13)34-5)15-6-12-8-29-31(16(12)9-28-15)11-20(23,24)21(25,26)27/h6-10H,11H2,1-5H3/q+1. The molecule has 0 saturated carbocycles. The third kappa shape index (κ3) is 5.41. The number of hydrogen-bond donors (Lipinski definition) is 0. The zero-order valence-electron chi connectivity index (χ0n) is 19.3. The molecule has 14 heteroatoms. The summed E-state index contributed by atoms with van der Waals surface area (Å²) in [5.74, 6) is -5.87. The number of alkyl halides is 5. The monoisotopic (exact) mass is 506 g/mol. The van der Waals surface area contributed by atoms with E-state index in [2.05, 4.69) is 10.1 Å². The predicted molar refractivity (Wildman–Crippen MR) is 111 cm³/mol. The molecule has 0 aliphatic carbocycles. The minimum absolute atomic E-state index is 0.0227. The molecule has 0 aliphatic heterocycles. The molecule has 0 saturated heterocycles. The van der Waals surface area contributed by atoms with E-state index in [4.69, 9.17) is 9.57 Å². The number of halogens is 6. The highest BCUT2D eigenvalue weighted by Gasteiger charge is 2.57. The zero-order chi connectivity index (χ0) is 26.3. The second-order valence-electron chi connectivity index (χ2n) is 8.58. The van der Waals surface area contributed by atoms with Crippen LogP contribution in [0.4, 0.5) is 36.8 Å². The number of aromatic nitrogens is 4. The number of nitrogens with zero attached hydrogens (tertiary/aromatic N) is 5. The number of hydrogen-bond acceptors (Lipinski definition) is 5. The van der Waals surface area contributed by atoms with Crippen LogP contribution in [-0.4, -0.2) is 52.7 Å². The number of carbonyl (C=O) groups is 1. The fourth-order valence-electron chi connectivity index (χ4n) is 3.03. The molecule has 3 aromatic rings. The van der Waals surface area contributed by atoms with Crippen molar-refractivity contribution >= 4 is 22.7 Å². The average Bonchev–Trinajstić information content (AvgIpc) is 3.11. The maximum absolute atomic E-state index is 15.1. The molecule has 0 spiro atoms. The Kier molecular flexibility index (Phi) is 6.61. The van der Waals surface area contributed by atoms with Crippen molar-refractivity contribution in [3.8, 4) is 11.4 Å². The predicted octanol–water partition coefficient (Wildman–Crippen LogP) is 4.15. The third-order valence-corrected chi connectivity index (χ3v) is 4.76. The second-order valence-corrected chi connectivity index (χ2v) is 8.58. The zero-order valence-corrected chi connectivity index (χ0v) is 19.3. The van der Waals surface area contributed by atoms with Gasteiger partial charge >= 0.3 is 23.9 Å². The van der Waals surface area contributed by atoms with Gasteiger partial charge in [-0.05, 0) is 26.8 Å². The fourth-order valence-corrected chi connectivity index (χ4v) is 3.03. The van der Waals surface area contributed by atoms with Gasteiger partial charge in [-0.25, -0.2) is 9.78 Å². The van der Waals surface area contributed by atoms with Crippen molar-refractivity contribution < 1.29 is 45.4 Å². The van der Waals surface area contributed by atoms with Crippen molar-refractivity contribution in [1.82, 2.24) is 14.8 Å². The normalized spacial score (nSPS) is 12.7. The van der Waals surface area contributed by atoms with Gasteiger partial charge in [-0.3, -0.25) is 14.4 Å². The van der Waals surface area contributed by atoms with Crippen molar-refractivity contribution in [3.05, 3.63) is 36.5 Å². The van der Waals surface area contributed by atoms with Gasteiger partial charge in [0.1, 0.15) is 30.6 Å². The first-order valence-corrected chi connectivity index (χ1v) is 10.1. The van der Waals surface area contributed by atoms with Crippen LogP contribution in [-0.2, 0) is 11.3 Å². The Hall–Kier alpha value is -3.58. The molecule has 8 nitrogen and oxygen atoms in total. The van der Waals surface area contributed by atoms with Crippen LogP contribution >= 0.6 is 0 Å². The van der Waals surface area contributed by atoms with E-state index in [0.717, 1.165) is 28.1 Å². The molecule has 35 heavy (non-hydrogen) atoms. The van der Waals surface area contributed by atoms with Crippen LogP contribution in [0.25, 0.3) is 22.3 Å². The van der Waals surface area contributed by atoms with Crippen LogP contribution in [0.15, 0.2) is 30.7 Å². The summed E-state index contributed by atoms with van der Waals surface area (Å²) in [4.78, 5) is 22.6. The lowest BCUT2D eigenvalue weighted by Gasteiger charge is -2.24. The minimum Gasteiger partial charge on any atom is -0.443 e. The van der Waals surface area contributed by atoms with Gasteiger partial charge in [0.05, 0.1) is 17.9 Å². The van der Waals surface area contributed by atoms with E-state index in [9.17, 15) is 26.7 Å². The van der Waals surface area contributed by atoms with Crippen molar-refractivity contribution in [2.75, 3.05) is 19.1 Å². The van der Waals surface area contributed by atoms with Gasteiger partial charge < -0.3 is 4.74 Å².